The van der Waals surface area contributed by atoms with Gasteiger partial charge in [0.1, 0.15) is 6.54 Å². The lowest BCUT2D eigenvalue weighted by molar-refractivity contribution is -0.670. The number of hydrogen-bond acceptors (Lipinski definition) is 2. The van der Waals surface area contributed by atoms with E-state index in [4.69, 9.17) is 9.47 Å². The van der Waals surface area contributed by atoms with Gasteiger partial charge in [0.25, 0.3) is 0 Å². The third-order valence-corrected chi connectivity index (χ3v) is 3.85. The summed E-state index contributed by atoms with van der Waals surface area (Å²) in [6.07, 6.45) is 1.01. The summed E-state index contributed by atoms with van der Waals surface area (Å²) in [6, 6.07) is 14.5. The molecule has 0 saturated heterocycles. The van der Waals surface area contributed by atoms with Crippen LogP contribution in [-0.4, -0.2) is 20.8 Å². The summed E-state index contributed by atoms with van der Waals surface area (Å²) >= 11 is 3.50. The molecule has 0 aliphatic rings. The highest BCUT2D eigenvalue weighted by Crippen LogP contribution is 2.27. The molecule has 0 aliphatic heterocycles. The number of quaternary nitrogens is 1. The van der Waals surface area contributed by atoms with Gasteiger partial charge in [0.05, 0.1) is 20.8 Å². The minimum absolute atomic E-state index is 0.777. The maximum Gasteiger partial charge on any atom is 0.160 e. The Bertz CT molecular complexity index is 587. The quantitative estimate of drug-likeness (QED) is 0.779. The molecule has 4 heteroatoms. The van der Waals surface area contributed by atoms with Crippen LogP contribution in [0.1, 0.15) is 11.1 Å². The van der Waals surface area contributed by atoms with E-state index in [2.05, 4.69) is 45.5 Å². The first-order chi connectivity index (χ1) is 10.2. The molecule has 0 bridgehead atoms. The van der Waals surface area contributed by atoms with E-state index in [-0.39, 0.29) is 0 Å². The molecule has 0 fully saturated rings. The van der Waals surface area contributed by atoms with Crippen molar-refractivity contribution in [3.63, 3.8) is 0 Å². The van der Waals surface area contributed by atoms with E-state index >= 15 is 0 Å². The number of nitrogens with two attached hydrogens (primary N) is 1. The van der Waals surface area contributed by atoms with Gasteiger partial charge >= 0.3 is 0 Å². The lowest BCUT2D eigenvalue weighted by Gasteiger charge is -2.09. The predicted octanol–water partition coefficient (Wildman–Crippen LogP) is 2.77. The Morgan fingerprint density at radius 1 is 0.952 bits per heavy atom. The van der Waals surface area contributed by atoms with Crippen molar-refractivity contribution in [2.75, 3.05) is 20.8 Å². The minimum atomic E-state index is 0.777. The number of hydrogen-bond donors (Lipinski definition) is 1. The molecule has 0 unspecified atom stereocenters. The summed E-state index contributed by atoms with van der Waals surface area (Å²) in [5, 5.41) is 2.32. The van der Waals surface area contributed by atoms with E-state index in [1.54, 1.807) is 14.2 Å². The fourth-order valence-electron chi connectivity index (χ4n) is 2.24. The second-order valence-corrected chi connectivity index (χ2v) is 5.77. The van der Waals surface area contributed by atoms with Crippen molar-refractivity contribution < 1.29 is 14.8 Å². The topological polar surface area (TPSA) is 35.1 Å². The van der Waals surface area contributed by atoms with Crippen molar-refractivity contribution in [1.82, 2.24) is 0 Å². The van der Waals surface area contributed by atoms with E-state index in [0.717, 1.165) is 35.5 Å². The summed E-state index contributed by atoms with van der Waals surface area (Å²) in [5.41, 5.74) is 2.59. The van der Waals surface area contributed by atoms with Crippen LogP contribution >= 0.6 is 15.9 Å². The molecule has 0 saturated carbocycles. The molecule has 0 amide bonds. The molecule has 2 aromatic carbocycles. The van der Waals surface area contributed by atoms with Crippen molar-refractivity contribution in [2.24, 2.45) is 0 Å². The molecule has 0 heterocycles. The third kappa shape index (κ3) is 4.76. The van der Waals surface area contributed by atoms with E-state index in [0.29, 0.717) is 0 Å². The summed E-state index contributed by atoms with van der Waals surface area (Å²) in [6.45, 7) is 2.04. The monoisotopic (exact) mass is 350 g/mol. The van der Waals surface area contributed by atoms with Crippen LogP contribution in [0.3, 0.4) is 0 Å². The molecule has 0 atom stereocenters. The molecule has 112 valence electrons. The second-order valence-electron chi connectivity index (χ2n) is 4.85. The zero-order valence-corrected chi connectivity index (χ0v) is 14.0. The van der Waals surface area contributed by atoms with Crippen LogP contribution in [0.2, 0.25) is 0 Å². The summed E-state index contributed by atoms with van der Waals surface area (Å²) < 4.78 is 11.7. The molecule has 0 aromatic heterocycles. The number of benzene rings is 2. The Morgan fingerprint density at radius 2 is 1.76 bits per heavy atom. The highest BCUT2D eigenvalue weighted by Gasteiger charge is 2.05. The van der Waals surface area contributed by atoms with Gasteiger partial charge < -0.3 is 14.8 Å². The number of halogens is 1. The van der Waals surface area contributed by atoms with Gasteiger partial charge in [-0.1, -0.05) is 34.1 Å². The summed E-state index contributed by atoms with van der Waals surface area (Å²) in [5.74, 6) is 1.57. The highest BCUT2D eigenvalue weighted by molar-refractivity contribution is 9.10. The second kappa shape index (κ2) is 8.05. The maximum atomic E-state index is 5.33. The van der Waals surface area contributed by atoms with Crippen LogP contribution in [0.15, 0.2) is 46.9 Å². The van der Waals surface area contributed by atoms with E-state index in [1.807, 2.05) is 18.2 Å². The Morgan fingerprint density at radius 3 is 2.48 bits per heavy atom. The number of ether oxygens (including phenoxy) is 2. The smallest absolute Gasteiger partial charge is 0.160 e. The molecular weight excluding hydrogens is 330 g/mol. The van der Waals surface area contributed by atoms with Gasteiger partial charge in [-0.2, -0.15) is 0 Å². The van der Waals surface area contributed by atoms with E-state index in [9.17, 15) is 0 Å². The van der Waals surface area contributed by atoms with Crippen LogP contribution in [0.4, 0.5) is 0 Å². The van der Waals surface area contributed by atoms with Crippen molar-refractivity contribution in [3.8, 4) is 11.5 Å². The molecule has 2 rings (SSSR count). The van der Waals surface area contributed by atoms with Crippen molar-refractivity contribution >= 4 is 15.9 Å². The Labute approximate surface area is 134 Å². The molecule has 0 spiro atoms. The fraction of sp³-hybridized carbons (Fsp3) is 0.294. The molecular formula is C17H21BrNO2+. The van der Waals surface area contributed by atoms with Gasteiger partial charge in [-0.25, -0.2) is 0 Å². The zero-order valence-electron chi connectivity index (χ0n) is 12.4. The first-order valence-corrected chi connectivity index (χ1v) is 7.79. The summed E-state index contributed by atoms with van der Waals surface area (Å²) in [7, 11) is 3.32. The zero-order chi connectivity index (χ0) is 15.1. The van der Waals surface area contributed by atoms with Gasteiger partial charge in [-0.3, -0.25) is 0 Å². The molecule has 0 aliphatic carbocycles. The Balaban J connectivity index is 1.83. The van der Waals surface area contributed by atoms with Gasteiger partial charge in [-0.05, 0) is 29.8 Å². The van der Waals surface area contributed by atoms with E-state index < -0.39 is 0 Å². The van der Waals surface area contributed by atoms with Gasteiger partial charge in [0, 0.05) is 16.5 Å². The van der Waals surface area contributed by atoms with Crippen LogP contribution in [0.25, 0.3) is 0 Å². The SMILES string of the molecule is COc1ccc(CC[NH2+]Cc2cccc(Br)c2)cc1OC. The Hall–Kier alpha value is -1.52. The predicted molar refractivity (Wildman–Crippen MR) is 87.9 cm³/mol. The Kier molecular flexibility index (Phi) is 6.08. The number of methoxy groups -OCH3 is 2. The van der Waals surface area contributed by atoms with Gasteiger partial charge in [0.2, 0.25) is 0 Å². The van der Waals surface area contributed by atoms with Gasteiger partial charge in [0.15, 0.2) is 11.5 Å². The third-order valence-electron chi connectivity index (χ3n) is 3.35. The van der Waals surface area contributed by atoms with Crippen molar-refractivity contribution in [3.05, 3.63) is 58.1 Å². The maximum absolute atomic E-state index is 5.33. The lowest BCUT2D eigenvalue weighted by atomic mass is 10.1. The standard InChI is InChI=1S/C17H20BrNO2/c1-20-16-7-6-13(11-17(16)21-2)8-9-19-12-14-4-3-5-15(18)10-14/h3-7,10-11,19H,8-9,12H2,1-2H3/p+1. The average molecular weight is 351 g/mol. The minimum Gasteiger partial charge on any atom is -0.493 e. The van der Waals surface area contributed by atoms with Crippen molar-refractivity contribution in [2.45, 2.75) is 13.0 Å². The molecule has 3 nitrogen and oxygen atoms in total. The van der Waals surface area contributed by atoms with Crippen LogP contribution in [-0.2, 0) is 13.0 Å². The van der Waals surface area contributed by atoms with E-state index in [1.165, 1.54) is 11.1 Å². The molecule has 2 aromatic rings. The molecule has 2 N–H and O–H groups in total. The lowest BCUT2D eigenvalue weighted by Crippen LogP contribution is -2.83. The molecule has 21 heavy (non-hydrogen) atoms. The van der Waals surface area contributed by atoms with Crippen molar-refractivity contribution in [1.29, 1.82) is 0 Å². The van der Waals surface area contributed by atoms with Crippen LogP contribution < -0.4 is 14.8 Å². The van der Waals surface area contributed by atoms with Gasteiger partial charge in [-0.15, -0.1) is 0 Å². The number of rotatable bonds is 7. The molecule has 0 radical (unpaired) electrons. The van der Waals surface area contributed by atoms with Crippen LogP contribution in [0.5, 0.6) is 11.5 Å². The normalized spacial score (nSPS) is 10.4. The largest absolute Gasteiger partial charge is 0.493 e. The van der Waals surface area contributed by atoms with Crippen LogP contribution in [0, 0.1) is 0 Å². The first kappa shape index (κ1) is 15.9. The first-order valence-electron chi connectivity index (χ1n) is 7.00. The fourth-order valence-corrected chi connectivity index (χ4v) is 2.68. The average Bonchev–Trinajstić information content (AvgIpc) is 2.51. The summed E-state index contributed by atoms with van der Waals surface area (Å²) in [4.78, 5) is 0. The highest BCUT2D eigenvalue weighted by atomic mass is 79.9.